The number of thioether (sulfide) groups is 1. The highest BCUT2D eigenvalue weighted by molar-refractivity contribution is 8.13. The van der Waals surface area contributed by atoms with Crippen LogP contribution in [0, 0.1) is 13.8 Å². The molecule has 0 amide bonds. The summed E-state index contributed by atoms with van der Waals surface area (Å²) < 4.78 is 39.3. The average Bonchev–Trinajstić information content (AvgIpc) is 2.84. The van der Waals surface area contributed by atoms with E-state index in [2.05, 4.69) is 17.0 Å². The van der Waals surface area contributed by atoms with Crippen LogP contribution in [0.3, 0.4) is 0 Å². The molecule has 0 heterocycles. The molecule has 190 valence electrons. The molecule has 4 rings (SSSR count). The number of aromatic hydroxyl groups is 1. The molecular weight excluding hydrogens is 493 g/mol. The third kappa shape index (κ3) is 7.64. The Kier molecular flexibility index (Phi) is 8.24. The summed E-state index contributed by atoms with van der Waals surface area (Å²) in [6.07, 6.45) is -4.41. The van der Waals surface area contributed by atoms with Crippen molar-refractivity contribution in [3.63, 3.8) is 0 Å². The van der Waals surface area contributed by atoms with Crippen molar-refractivity contribution in [1.29, 1.82) is 0 Å². The van der Waals surface area contributed by atoms with Gasteiger partial charge in [0.1, 0.15) is 5.75 Å². The van der Waals surface area contributed by atoms with Crippen molar-refractivity contribution in [2.24, 2.45) is 4.99 Å². The second-order valence-electron chi connectivity index (χ2n) is 8.87. The molecule has 0 aliphatic heterocycles. The predicted octanol–water partition coefficient (Wildman–Crippen LogP) is 8.51. The summed E-state index contributed by atoms with van der Waals surface area (Å²) in [5, 5.41) is 10.7. The normalized spacial score (nSPS) is 12.0. The number of halogens is 3. The Labute approximate surface area is 219 Å². The number of phenolic OH excluding ortho intramolecular Hbond substituents is 1. The van der Waals surface area contributed by atoms with Crippen LogP contribution in [-0.2, 0) is 19.3 Å². The smallest absolute Gasteiger partial charge is 0.416 e. The molecule has 0 aliphatic carbocycles. The lowest BCUT2D eigenvalue weighted by Crippen LogP contribution is -2.28. The van der Waals surface area contributed by atoms with Crippen LogP contribution in [0.25, 0.3) is 0 Å². The summed E-state index contributed by atoms with van der Waals surface area (Å²) in [4.78, 5) is 7.86. The monoisotopic (exact) mass is 520 g/mol. The van der Waals surface area contributed by atoms with E-state index in [0.29, 0.717) is 23.9 Å². The van der Waals surface area contributed by atoms with Crippen LogP contribution in [0.4, 0.5) is 18.9 Å². The number of alkyl halides is 3. The summed E-state index contributed by atoms with van der Waals surface area (Å²) in [7, 11) is 0. The number of hydrogen-bond acceptors (Lipinski definition) is 3. The molecule has 0 spiro atoms. The highest BCUT2D eigenvalue weighted by Crippen LogP contribution is 2.32. The molecule has 0 saturated carbocycles. The lowest BCUT2D eigenvalue weighted by molar-refractivity contribution is -0.137. The molecule has 0 bridgehead atoms. The molecule has 0 fully saturated rings. The van der Waals surface area contributed by atoms with E-state index < -0.39 is 11.7 Å². The molecule has 0 unspecified atom stereocenters. The van der Waals surface area contributed by atoms with E-state index >= 15 is 0 Å². The van der Waals surface area contributed by atoms with Gasteiger partial charge in [0.2, 0.25) is 0 Å². The Bertz CT molecular complexity index is 1370. The Balaban J connectivity index is 1.76. The van der Waals surface area contributed by atoms with Crippen molar-refractivity contribution in [2.75, 3.05) is 0 Å². The summed E-state index contributed by atoms with van der Waals surface area (Å²) in [5.74, 6) is 0.167. The molecule has 3 nitrogen and oxygen atoms in total. The minimum absolute atomic E-state index is 0.167. The Morgan fingerprint density at radius 1 is 0.784 bits per heavy atom. The zero-order valence-corrected chi connectivity index (χ0v) is 21.4. The summed E-state index contributed by atoms with van der Waals surface area (Å²) >= 11 is 1.45. The minimum Gasteiger partial charge on any atom is -0.508 e. The first-order valence-electron chi connectivity index (χ1n) is 11.7. The van der Waals surface area contributed by atoms with E-state index in [1.807, 2.05) is 56.3 Å². The number of rotatable bonds is 6. The van der Waals surface area contributed by atoms with Gasteiger partial charge in [-0.2, -0.15) is 13.2 Å². The van der Waals surface area contributed by atoms with Crippen LogP contribution in [0.1, 0.15) is 27.8 Å². The van der Waals surface area contributed by atoms with Crippen LogP contribution in [0.5, 0.6) is 5.75 Å². The van der Waals surface area contributed by atoms with Crippen molar-refractivity contribution < 1.29 is 18.3 Å². The van der Waals surface area contributed by atoms with Gasteiger partial charge in [0.05, 0.1) is 11.3 Å². The molecular formula is C30H27F3N2OS. The second-order valence-corrected chi connectivity index (χ2v) is 9.91. The maximum Gasteiger partial charge on any atom is 0.416 e. The van der Waals surface area contributed by atoms with Gasteiger partial charge in [-0.1, -0.05) is 71.4 Å². The van der Waals surface area contributed by atoms with Crippen molar-refractivity contribution >= 4 is 22.6 Å². The molecule has 0 saturated heterocycles. The lowest BCUT2D eigenvalue weighted by atomic mass is 10.1. The van der Waals surface area contributed by atoms with Gasteiger partial charge in [0.25, 0.3) is 0 Å². The first kappa shape index (κ1) is 26.4. The van der Waals surface area contributed by atoms with Gasteiger partial charge in [-0.05, 0) is 73.5 Å². The highest BCUT2D eigenvalue weighted by atomic mass is 32.2. The zero-order valence-electron chi connectivity index (χ0n) is 20.5. The van der Waals surface area contributed by atoms with Gasteiger partial charge in [-0.15, -0.1) is 0 Å². The van der Waals surface area contributed by atoms with E-state index in [-0.39, 0.29) is 5.75 Å². The SMILES string of the molecule is Cc1ccc(CN(Cc2cccc(O)c2)C(=Nc2ccc(C(F)(F)F)cc2)Sc2cccc(C)c2)cc1. The van der Waals surface area contributed by atoms with Gasteiger partial charge in [-0.3, -0.25) is 0 Å². The molecule has 1 N–H and O–H groups in total. The van der Waals surface area contributed by atoms with Gasteiger partial charge in [-0.25, -0.2) is 4.99 Å². The average molecular weight is 521 g/mol. The molecule has 0 radical (unpaired) electrons. The fourth-order valence-electron chi connectivity index (χ4n) is 3.76. The van der Waals surface area contributed by atoms with E-state index in [9.17, 15) is 18.3 Å². The van der Waals surface area contributed by atoms with Gasteiger partial charge in [0, 0.05) is 18.0 Å². The van der Waals surface area contributed by atoms with E-state index in [1.54, 1.807) is 18.2 Å². The molecule has 4 aromatic rings. The Hall–Kier alpha value is -3.71. The number of aryl methyl sites for hydroxylation is 2. The van der Waals surface area contributed by atoms with E-state index in [4.69, 9.17) is 4.99 Å². The standard InChI is InChI=1S/C30H27F3N2OS/c1-21-9-11-23(12-10-21)19-35(20-24-6-4-7-27(36)18-24)29(37-28-8-3-5-22(2)17-28)34-26-15-13-25(14-16-26)30(31,32)33/h3-18,36H,19-20H2,1-2H3. The van der Waals surface area contributed by atoms with Crippen molar-refractivity contribution in [2.45, 2.75) is 38.0 Å². The quantitative estimate of drug-likeness (QED) is 0.157. The van der Waals surface area contributed by atoms with Crippen LogP contribution in [0.15, 0.2) is 107 Å². The summed E-state index contributed by atoms with van der Waals surface area (Å²) in [6.45, 7) is 5.00. The van der Waals surface area contributed by atoms with Crippen LogP contribution in [0.2, 0.25) is 0 Å². The zero-order chi connectivity index (χ0) is 26.4. The van der Waals surface area contributed by atoms with Gasteiger partial charge < -0.3 is 10.0 Å². The number of phenols is 1. The van der Waals surface area contributed by atoms with E-state index in [0.717, 1.165) is 39.3 Å². The van der Waals surface area contributed by atoms with Gasteiger partial charge in [0.15, 0.2) is 5.17 Å². The van der Waals surface area contributed by atoms with Crippen molar-refractivity contribution in [3.8, 4) is 5.75 Å². The van der Waals surface area contributed by atoms with E-state index in [1.165, 1.54) is 23.9 Å². The van der Waals surface area contributed by atoms with Crippen LogP contribution >= 0.6 is 11.8 Å². The maximum atomic E-state index is 13.1. The highest BCUT2D eigenvalue weighted by Gasteiger charge is 2.30. The first-order chi connectivity index (χ1) is 17.7. The molecule has 7 heteroatoms. The summed E-state index contributed by atoms with van der Waals surface area (Å²) in [6, 6.07) is 28.1. The minimum atomic E-state index is -4.41. The fraction of sp³-hybridized carbons (Fsp3) is 0.167. The molecule has 37 heavy (non-hydrogen) atoms. The van der Waals surface area contributed by atoms with Crippen LogP contribution in [-0.4, -0.2) is 15.2 Å². The molecule has 0 aromatic heterocycles. The first-order valence-corrected chi connectivity index (χ1v) is 12.6. The Morgan fingerprint density at radius 2 is 1.46 bits per heavy atom. The molecule has 0 atom stereocenters. The molecule has 0 aliphatic rings. The number of nitrogens with zero attached hydrogens (tertiary/aromatic N) is 2. The number of hydrogen-bond donors (Lipinski definition) is 1. The number of aliphatic imine (C=N–C) groups is 1. The predicted molar refractivity (Wildman–Crippen MR) is 144 cm³/mol. The van der Waals surface area contributed by atoms with Crippen molar-refractivity contribution in [3.05, 3.63) is 125 Å². The largest absolute Gasteiger partial charge is 0.508 e. The van der Waals surface area contributed by atoms with Crippen LogP contribution < -0.4 is 0 Å². The number of benzene rings is 4. The fourth-order valence-corrected chi connectivity index (χ4v) is 4.77. The lowest BCUT2D eigenvalue weighted by Gasteiger charge is -2.26. The molecule has 4 aromatic carbocycles. The topological polar surface area (TPSA) is 35.8 Å². The van der Waals surface area contributed by atoms with Crippen molar-refractivity contribution in [1.82, 2.24) is 4.90 Å². The second kappa shape index (κ2) is 11.6. The maximum absolute atomic E-state index is 13.1. The summed E-state index contributed by atoms with van der Waals surface area (Å²) in [5.41, 5.74) is 3.91. The Morgan fingerprint density at radius 3 is 2.11 bits per heavy atom. The third-order valence-electron chi connectivity index (χ3n) is 5.67. The third-order valence-corrected chi connectivity index (χ3v) is 6.69. The van der Waals surface area contributed by atoms with Gasteiger partial charge >= 0.3 is 6.18 Å². The number of amidine groups is 1.